The van der Waals surface area contributed by atoms with E-state index in [1.54, 1.807) is 0 Å². The van der Waals surface area contributed by atoms with Gasteiger partial charge in [0.15, 0.2) is 5.58 Å². The average Bonchev–Trinajstić information content (AvgIpc) is 3.03. The third-order valence-corrected chi connectivity index (χ3v) is 3.98. The highest BCUT2D eigenvalue weighted by Gasteiger charge is 2.31. The quantitative estimate of drug-likeness (QED) is 0.903. The Morgan fingerprint density at radius 2 is 2.19 bits per heavy atom. The van der Waals surface area contributed by atoms with Crippen LogP contribution in [0.2, 0.25) is 5.02 Å². The van der Waals surface area contributed by atoms with Gasteiger partial charge < -0.3 is 10.2 Å². The van der Waals surface area contributed by atoms with Gasteiger partial charge in [0.25, 0.3) is 0 Å². The summed E-state index contributed by atoms with van der Waals surface area (Å²) >= 11 is 9.70. The van der Waals surface area contributed by atoms with E-state index in [9.17, 15) is 0 Å². The van der Waals surface area contributed by atoms with E-state index in [0.29, 0.717) is 17.5 Å². The highest BCUT2D eigenvalue weighted by atomic mass is 79.9. The van der Waals surface area contributed by atoms with Crippen LogP contribution in [-0.2, 0) is 6.54 Å². The number of hydrogen-bond acceptors (Lipinski definition) is 2. The first-order valence-corrected chi connectivity index (χ1v) is 6.48. The standard InChI is InChI=1S/C12H11BrClNO/c13-7-3-4-8(14)12-11(7)10(6-1-2-6)9(5-15)16-12/h3-4,6H,1-2,5,15H2. The summed E-state index contributed by atoms with van der Waals surface area (Å²) in [5, 5.41) is 1.76. The highest BCUT2D eigenvalue weighted by molar-refractivity contribution is 9.10. The zero-order valence-electron chi connectivity index (χ0n) is 8.59. The molecule has 0 atom stereocenters. The van der Waals surface area contributed by atoms with Crippen molar-refractivity contribution in [2.75, 3.05) is 0 Å². The lowest BCUT2D eigenvalue weighted by Gasteiger charge is -1.99. The topological polar surface area (TPSA) is 39.2 Å². The van der Waals surface area contributed by atoms with Crippen molar-refractivity contribution in [2.45, 2.75) is 25.3 Å². The Morgan fingerprint density at radius 1 is 1.44 bits per heavy atom. The van der Waals surface area contributed by atoms with Gasteiger partial charge in [0.2, 0.25) is 0 Å². The summed E-state index contributed by atoms with van der Waals surface area (Å²) in [6.07, 6.45) is 2.45. The van der Waals surface area contributed by atoms with Gasteiger partial charge in [0, 0.05) is 15.4 Å². The molecule has 0 saturated heterocycles. The van der Waals surface area contributed by atoms with Gasteiger partial charge in [-0.2, -0.15) is 0 Å². The van der Waals surface area contributed by atoms with Crippen LogP contribution in [0.15, 0.2) is 21.0 Å². The van der Waals surface area contributed by atoms with Crippen molar-refractivity contribution in [3.63, 3.8) is 0 Å². The lowest BCUT2D eigenvalue weighted by molar-refractivity contribution is 0.546. The molecule has 16 heavy (non-hydrogen) atoms. The van der Waals surface area contributed by atoms with E-state index in [1.807, 2.05) is 12.1 Å². The monoisotopic (exact) mass is 299 g/mol. The van der Waals surface area contributed by atoms with Gasteiger partial charge in [-0.15, -0.1) is 0 Å². The minimum Gasteiger partial charge on any atom is -0.458 e. The number of furan rings is 1. The minimum atomic E-state index is 0.434. The van der Waals surface area contributed by atoms with E-state index in [4.69, 9.17) is 21.8 Å². The van der Waals surface area contributed by atoms with Crippen LogP contribution >= 0.6 is 27.5 Å². The van der Waals surface area contributed by atoms with Crippen LogP contribution in [0.5, 0.6) is 0 Å². The summed E-state index contributed by atoms with van der Waals surface area (Å²) in [7, 11) is 0. The molecule has 0 aliphatic heterocycles. The van der Waals surface area contributed by atoms with Gasteiger partial charge in [-0.3, -0.25) is 0 Å². The molecule has 1 aromatic heterocycles. The van der Waals surface area contributed by atoms with Crippen LogP contribution in [-0.4, -0.2) is 0 Å². The fourth-order valence-corrected chi connectivity index (χ4v) is 2.88. The molecule has 0 unspecified atom stereocenters. The van der Waals surface area contributed by atoms with E-state index in [0.717, 1.165) is 21.2 Å². The van der Waals surface area contributed by atoms with Gasteiger partial charge in [-0.25, -0.2) is 0 Å². The third kappa shape index (κ3) is 1.50. The molecule has 2 nitrogen and oxygen atoms in total. The molecule has 0 radical (unpaired) electrons. The summed E-state index contributed by atoms with van der Waals surface area (Å²) in [6, 6.07) is 3.81. The molecule has 2 N–H and O–H groups in total. The highest BCUT2D eigenvalue weighted by Crippen LogP contribution is 2.48. The van der Waals surface area contributed by atoms with Gasteiger partial charge in [-0.1, -0.05) is 27.5 Å². The fraction of sp³-hybridized carbons (Fsp3) is 0.333. The molecular weight excluding hydrogens is 289 g/mol. The Hall–Kier alpha value is -0.510. The zero-order valence-corrected chi connectivity index (χ0v) is 10.9. The maximum absolute atomic E-state index is 6.14. The predicted molar refractivity (Wildman–Crippen MR) is 68.8 cm³/mol. The average molecular weight is 301 g/mol. The molecule has 4 heteroatoms. The van der Waals surface area contributed by atoms with Crippen LogP contribution in [0.1, 0.15) is 30.1 Å². The number of benzene rings is 1. The van der Waals surface area contributed by atoms with E-state index < -0.39 is 0 Å². The van der Waals surface area contributed by atoms with Crippen LogP contribution in [0.4, 0.5) is 0 Å². The summed E-state index contributed by atoms with van der Waals surface area (Å²) in [5.41, 5.74) is 7.75. The Bertz CT molecular complexity index is 560. The molecule has 0 bridgehead atoms. The number of fused-ring (bicyclic) bond motifs is 1. The normalized spacial score (nSPS) is 15.9. The second kappa shape index (κ2) is 3.76. The van der Waals surface area contributed by atoms with Crippen molar-refractivity contribution in [1.29, 1.82) is 0 Å². The number of nitrogens with two attached hydrogens (primary N) is 1. The first-order valence-electron chi connectivity index (χ1n) is 5.31. The van der Waals surface area contributed by atoms with E-state index >= 15 is 0 Å². The Balaban J connectivity index is 2.39. The minimum absolute atomic E-state index is 0.434. The predicted octanol–water partition coefficient (Wildman–Crippen LogP) is 4.18. The second-order valence-electron chi connectivity index (χ2n) is 4.15. The fourth-order valence-electron chi connectivity index (χ4n) is 2.16. The van der Waals surface area contributed by atoms with Gasteiger partial charge >= 0.3 is 0 Å². The summed E-state index contributed by atoms with van der Waals surface area (Å²) in [4.78, 5) is 0. The molecule has 0 spiro atoms. The van der Waals surface area contributed by atoms with E-state index in [-0.39, 0.29) is 0 Å². The Labute approximate surface area is 107 Å². The van der Waals surface area contributed by atoms with Gasteiger partial charge in [-0.05, 0) is 30.9 Å². The molecular formula is C12H11BrClNO. The molecule has 1 aliphatic carbocycles. The zero-order chi connectivity index (χ0) is 11.3. The van der Waals surface area contributed by atoms with Crippen LogP contribution in [0, 0.1) is 0 Å². The van der Waals surface area contributed by atoms with Crippen LogP contribution in [0.3, 0.4) is 0 Å². The molecule has 1 fully saturated rings. The van der Waals surface area contributed by atoms with Crippen molar-refractivity contribution in [2.24, 2.45) is 5.73 Å². The molecule has 1 aliphatic rings. The first kappa shape index (κ1) is 10.6. The molecule has 1 aromatic carbocycles. The Kier molecular flexibility index (Phi) is 2.50. The van der Waals surface area contributed by atoms with Crippen molar-refractivity contribution in [3.05, 3.63) is 33.0 Å². The number of rotatable bonds is 2. The van der Waals surface area contributed by atoms with Crippen molar-refractivity contribution < 1.29 is 4.42 Å². The van der Waals surface area contributed by atoms with Crippen molar-refractivity contribution in [3.8, 4) is 0 Å². The SMILES string of the molecule is NCc1oc2c(Cl)ccc(Br)c2c1C1CC1. The second-order valence-corrected chi connectivity index (χ2v) is 5.41. The molecule has 3 rings (SSSR count). The van der Waals surface area contributed by atoms with E-state index in [2.05, 4.69) is 15.9 Å². The maximum Gasteiger partial charge on any atom is 0.154 e. The summed E-state index contributed by atoms with van der Waals surface area (Å²) < 4.78 is 6.81. The molecule has 1 saturated carbocycles. The van der Waals surface area contributed by atoms with Crippen LogP contribution in [0.25, 0.3) is 11.0 Å². The molecule has 84 valence electrons. The molecule has 0 amide bonds. The third-order valence-electron chi connectivity index (χ3n) is 3.02. The number of halogens is 2. The largest absolute Gasteiger partial charge is 0.458 e. The summed E-state index contributed by atoms with van der Waals surface area (Å²) in [5.74, 6) is 1.49. The smallest absolute Gasteiger partial charge is 0.154 e. The summed E-state index contributed by atoms with van der Waals surface area (Å²) in [6.45, 7) is 0.434. The Morgan fingerprint density at radius 3 is 2.81 bits per heavy atom. The number of hydrogen-bond donors (Lipinski definition) is 1. The van der Waals surface area contributed by atoms with Gasteiger partial charge in [0.1, 0.15) is 5.76 Å². The maximum atomic E-state index is 6.14. The van der Waals surface area contributed by atoms with Crippen molar-refractivity contribution in [1.82, 2.24) is 0 Å². The first-order chi connectivity index (χ1) is 7.72. The lowest BCUT2D eigenvalue weighted by Crippen LogP contribution is -1.97. The van der Waals surface area contributed by atoms with Crippen LogP contribution < -0.4 is 5.73 Å². The molecule has 2 aromatic rings. The van der Waals surface area contributed by atoms with Crippen molar-refractivity contribution >= 4 is 38.5 Å². The lowest BCUT2D eigenvalue weighted by atomic mass is 10.1. The van der Waals surface area contributed by atoms with Gasteiger partial charge in [0.05, 0.1) is 11.6 Å². The van der Waals surface area contributed by atoms with E-state index in [1.165, 1.54) is 18.4 Å². The molecule has 1 heterocycles.